The minimum absolute atomic E-state index is 0.0712. The summed E-state index contributed by atoms with van der Waals surface area (Å²) in [4.78, 5) is 34.3. The number of hydrogen-bond donors (Lipinski definition) is 1. The van der Waals surface area contributed by atoms with Gasteiger partial charge in [0.25, 0.3) is 0 Å². The first kappa shape index (κ1) is 19.6. The van der Waals surface area contributed by atoms with Crippen molar-refractivity contribution in [1.29, 1.82) is 0 Å². The lowest BCUT2D eigenvalue weighted by atomic mass is 10.1. The van der Waals surface area contributed by atoms with Gasteiger partial charge in [-0.1, -0.05) is 45.4 Å². The molecule has 0 aromatic heterocycles. The molecule has 0 radical (unpaired) electrons. The average molecular weight is 299 g/mol. The van der Waals surface area contributed by atoms with Crippen LogP contribution in [0.5, 0.6) is 0 Å². The van der Waals surface area contributed by atoms with Crippen LogP contribution in [0.25, 0.3) is 0 Å². The normalized spacial score (nSPS) is 11.8. The molecule has 1 atom stereocenters. The number of methoxy groups -OCH3 is 1. The number of hydrogen-bond acceptors (Lipinski definition) is 4. The van der Waals surface area contributed by atoms with Crippen molar-refractivity contribution in [1.82, 2.24) is 5.32 Å². The summed E-state index contributed by atoms with van der Waals surface area (Å²) in [7, 11) is 1.26. The van der Waals surface area contributed by atoms with Gasteiger partial charge in [0.2, 0.25) is 5.91 Å². The quantitative estimate of drug-likeness (QED) is 0.342. The van der Waals surface area contributed by atoms with Crippen LogP contribution >= 0.6 is 0 Å². The Bertz CT molecular complexity index is 328. The molecule has 1 N–H and O–H groups in total. The smallest absolute Gasteiger partial charge is 0.328 e. The number of Topliss-reactive ketones (excluding diaryl/α,β-unsaturated/α-hetero) is 1. The zero-order valence-electron chi connectivity index (χ0n) is 13.6. The second-order valence-electron chi connectivity index (χ2n) is 5.40. The van der Waals surface area contributed by atoms with Gasteiger partial charge in [-0.15, -0.1) is 0 Å². The third-order valence-corrected chi connectivity index (χ3v) is 3.35. The van der Waals surface area contributed by atoms with Gasteiger partial charge in [0, 0.05) is 6.42 Å². The molecule has 5 heteroatoms. The highest BCUT2D eigenvalue weighted by Gasteiger charge is 2.17. The van der Waals surface area contributed by atoms with Crippen molar-refractivity contribution >= 4 is 17.7 Å². The summed E-state index contributed by atoms with van der Waals surface area (Å²) in [6.45, 7) is 3.72. The van der Waals surface area contributed by atoms with Gasteiger partial charge in [-0.05, 0) is 13.3 Å². The molecule has 0 aliphatic heterocycles. The zero-order chi connectivity index (χ0) is 16.1. The molecule has 5 nitrogen and oxygen atoms in total. The van der Waals surface area contributed by atoms with E-state index < -0.39 is 17.9 Å². The number of ketones is 1. The van der Waals surface area contributed by atoms with Crippen LogP contribution in [0.2, 0.25) is 0 Å². The molecular formula is C16H29NO4. The van der Waals surface area contributed by atoms with Crippen LogP contribution in [0.4, 0.5) is 0 Å². The van der Waals surface area contributed by atoms with Gasteiger partial charge in [-0.2, -0.15) is 0 Å². The van der Waals surface area contributed by atoms with E-state index in [1.165, 1.54) is 39.7 Å². The Morgan fingerprint density at radius 3 is 2.14 bits per heavy atom. The summed E-state index contributed by atoms with van der Waals surface area (Å²) in [5.74, 6) is -0.998. The van der Waals surface area contributed by atoms with E-state index in [1.807, 2.05) is 0 Å². The fraction of sp³-hybridized carbons (Fsp3) is 0.812. The van der Waals surface area contributed by atoms with E-state index in [1.54, 1.807) is 0 Å². The summed E-state index contributed by atoms with van der Waals surface area (Å²) in [5.41, 5.74) is 0. The number of nitrogens with one attached hydrogen (secondary N) is 1. The van der Waals surface area contributed by atoms with Crippen LogP contribution in [0.3, 0.4) is 0 Å². The molecule has 0 spiro atoms. The molecule has 0 saturated carbocycles. The summed E-state index contributed by atoms with van der Waals surface area (Å²) in [6, 6.07) is -0.714. The van der Waals surface area contributed by atoms with Gasteiger partial charge in [0.05, 0.1) is 13.5 Å². The van der Waals surface area contributed by atoms with Crippen molar-refractivity contribution in [2.75, 3.05) is 7.11 Å². The third kappa shape index (κ3) is 11.0. The minimum atomic E-state index is -0.714. The fourth-order valence-electron chi connectivity index (χ4n) is 2.07. The molecule has 1 amide bonds. The Labute approximate surface area is 127 Å². The van der Waals surface area contributed by atoms with Gasteiger partial charge < -0.3 is 10.1 Å². The Balaban J connectivity index is 3.65. The fourth-order valence-corrected chi connectivity index (χ4v) is 2.07. The van der Waals surface area contributed by atoms with Gasteiger partial charge in [-0.25, -0.2) is 4.79 Å². The van der Waals surface area contributed by atoms with Crippen molar-refractivity contribution in [3.8, 4) is 0 Å². The molecule has 0 bridgehead atoms. The number of amides is 1. The maximum Gasteiger partial charge on any atom is 0.328 e. The summed E-state index contributed by atoms with van der Waals surface area (Å²) in [6.07, 6.45) is 8.30. The highest BCUT2D eigenvalue weighted by atomic mass is 16.5. The van der Waals surface area contributed by atoms with Crippen LogP contribution in [0, 0.1) is 0 Å². The number of carbonyl (C=O) groups is 3. The second-order valence-corrected chi connectivity index (χ2v) is 5.40. The lowest BCUT2D eigenvalue weighted by Crippen LogP contribution is -2.39. The standard InChI is InChI=1S/C16H29NO4/c1-4-5-6-7-8-9-10-11-14(18)12-15(19)17-13(2)16(20)21-3/h13H,4-12H2,1-3H3,(H,17,19)/t13-/m0/s1. The van der Waals surface area contributed by atoms with E-state index in [9.17, 15) is 14.4 Å². The molecule has 0 aromatic carbocycles. The zero-order valence-corrected chi connectivity index (χ0v) is 13.6. The lowest BCUT2D eigenvalue weighted by Gasteiger charge is -2.10. The molecule has 0 rings (SSSR count). The lowest BCUT2D eigenvalue weighted by molar-refractivity contribution is -0.145. The molecule has 0 heterocycles. The Morgan fingerprint density at radius 1 is 1.00 bits per heavy atom. The maximum absolute atomic E-state index is 11.6. The summed E-state index contributed by atoms with van der Waals surface area (Å²) < 4.78 is 4.50. The van der Waals surface area contributed by atoms with Crippen LogP contribution in [-0.4, -0.2) is 30.8 Å². The number of carbonyl (C=O) groups excluding carboxylic acids is 3. The van der Waals surface area contributed by atoms with E-state index in [4.69, 9.17) is 0 Å². The predicted octanol–water partition coefficient (Wildman–Crippen LogP) is 2.76. The van der Waals surface area contributed by atoms with Crippen molar-refractivity contribution in [2.24, 2.45) is 0 Å². The number of rotatable bonds is 12. The number of unbranched alkanes of at least 4 members (excludes halogenated alkanes) is 6. The van der Waals surface area contributed by atoms with Gasteiger partial charge >= 0.3 is 5.97 Å². The van der Waals surface area contributed by atoms with Crippen molar-refractivity contribution in [3.05, 3.63) is 0 Å². The summed E-state index contributed by atoms with van der Waals surface area (Å²) >= 11 is 0. The van der Waals surface area contributed by atoms with Gasteiger partial charge in [-0.3, -0.25) is 9.59 Å². The second kappa shape index (κ2) is 12.4. The highest BCUT2D eigenvalue weighted by Crippen LogP contribution is 2.09. The van der Waals surface area contributed by atoms with Crippen LogP contribution in [-0.2, 0) is 19.1 Å². The van der Waals surface area contributed by atoms with Crippen LogP contribution < -0.4 is 5.32 Å². The monoisotopic (exact) mass is 299 g/mol. The van der Waals surface area contributed by atoms with Gasteiger partial charge in [0.15, 0.2) is 0 Å². The highest BCUT2D eigenvalue weighted by molar-refractivity contribution is 5.99. The minimum Gasteiger partial charge on any atom is -0.467 e. The van der Waals surface area contributed by atoms with E-state index in [-0.39, 0.29) is 12.2 Å². The molecule has 0 aliphatic carbocycles. The average Bonchev–Trinajstić information content (AvgIpc) is 2.45. The maximum atomic E-state index is 11.6. The third-order valence-electron chi connectivity index (χ3n) is 3.35. The first-order valence-electron chi connectivity index (χ1n) is 7.90. The SMILES string of the molecule is CCCCCCCCCC(=O)CC(=O)N[C@@H](C)C(=O)OC. The number of ether oxygens (including phenoxy) is 1. The van der Waals surface area contributed by atoms with Crippen LogP contribution in [0.15, 0.2) is 0 Å². The molecule has 0 fully saturated rings. The van der Waals surface area contributed by atoms with Crippen molar-refractivity contribution < 1.29 is 19.1 Å². The molecule has 0 saturated heterocycles. The molecule has 0 aliphatic rings. The topological polar surface area (TPSA) is 72.5 Å². The predicted molar refractivity (Wildman–Crippen MR) is 81.9 cm³/mol. The van der Waals surface area contributed by atoms with Crippen molar-refractivity contribution in [2.45, 2.75) is 77.7 Å². The first-order valence-corrected chi connectivity index (χ1v) is 7.90. The van der Waals surface area contributed by atoms with E-state index in [2.05, 4.69) is 17.0 Å². The molecule has 21 heavy (non-hydrogen) atoms. The molecule has 0 unspecified atom stereocenters. The van der Waals surface area contributed by atoms with E-state index >= 15 is 0 Å². The largest absolute Gasteiger partial charge is 0.467 e. The number of esters is 1. The molecule has 0 aromatic rings. The molecular weight excluding hydrogens is 270 g/mol. The Kier molecular flexibility index (Phi) is 11.5. The van der Waals surface area contributed by atoms with E-state index in [0.717, 1.165) is 19.3 Å². The Hall–Kier alpha value is -1.39. The van der Waals surface area contributed by atoms with Crippen LogP contribution in [0.1, 0.15) is 71.6 Å². The van der Waals surface area contributed by atoms with Crippen molar-refractivity contribution in [3.63, 3.8) is 0 Å². The van der Waals surface area contributed by atoms with Gasteiger partial charge in [0.1, 0.15) is 11.8 Å². The Morgan fingerprint density at radius 2 is 1.57 bits per heavy atom. The first-order chi connectivity index (χ1) is 10.0. The van der Waals surface area contributed by atoms with E-state index in [0.29, 0.717) is 6.42 Å². The summed E-state index contributed by atoms with van der Waals surface area (Å²) in [5, 5.41) is 2.45. The molecule has 122 valence electrons.